The SMILES string of the molecule is COc1ccccc1C(=O)NCC(=O)NC1CCCC1. The van der Waals surface area contributed by atoms with Gasteiger partial charge in [-0.15, -0.1) is 0 Å². The molecule has 1 aromatic rings. The number of hydrogen-bond donors (Lipinski definition) is 2. The average Bonchev–Trinajstić information content (AvgIpc) is 2.97. The molecule has 0 spiro atoms. The van der Waals surface area contributed by atoms with Crippen molar-refractivity contribution in [2.24, 2.45) is 0 Å². The van der Waals surface area contributed by atoms with Crippen LogP contribution in [0.25, 0.3) is 0 Å². The van der Waals surface area contributed by atoms with Crippen molar-refractivity contribution < 1.29 is 14.3 Å². The highest BCUT2D eigenvalue weighted by Crippen LogP contribution is 2.18. The molecule has 20 heavy (non-hydrogen) atoms. The molecule has 0 aliphatic heterocycles. The second-order valence-corrected chi connectivity index (χ2v) is 4.93. The average molecular weight is 276 g/mol. The molecule has 0 bridgehead atoms. The van der Waals surface area contributed by atoms with Crippen LogP contribution in [0, 0.1) is 0 Å². The fourth-order valence-corrected chi connectivity index (χ4v) is 2.44. The van der Waals surface area contributed by atoms with Gasteiger partial charge in [-0.05, 0) is 25.0 Å². The van der Waals surface area contributed by atoms with Gasteiger partial charge in [-0.3, -0.25) is 9.59 Å². The van der Waals surface area contributed by atoms with Crippen molar-refractivity contribution in [2.75, 3.05) is 13.7 Å². The van der Waals surface area contributed by atoms with Crippen LogP contribution in [0.15, 0.2) is 24.3 Å². The molecule has 1 saturated carbocycles. The Morgan fingerprint density at radius 3 is 2.65 bits per heavy atom. The molecular weight excluding hydrogens is 256 g/mol. The number of benzene rings is 1. The summed E-state index contributed by atoms with van der Waals surface area (Å²) in [6.07, 6.45) is 4.40. The van der Waals surface area contributed by atoms with E-state index in [1.165, 1.54) is 20.0 Å². The number of hydrogen-bond acceptors (Lipinski definition) is 3. The van der Waals surface area contributed by atoms with Gasteiger partial charge >= 0.3 is 0 Å². The van der Waals surface area contributed by atoms with Gasteiger partial charge in [0.25, 0.3) is 5.91 Å². The summed E-state index contributed by atoms with van der Waals surface area (Å²) >= 11 is 0. The van der Waals surface area contributed by atoms with Gasteiger partial charge in [0.2, 0.25) is 5.91 Å². The molecule has 0 unspecified atom stereocenters. The van der Waals surface area contributed by atoms with Crippen LogP contribution in [0.2, 0.25) is 0 Å². The molecule has 0 aromatic heterocycles. The van der Waals surface area contributed by atoms with Crippen molar-refractivity contribution in [3.63, 3.8) is 0 Å². The van der Waals surface area contributed by atoms with E-state index in [0.29, 0.717) is 11.3 Å². The summed E-state index contributed by atoms with van der Waals surface area (Å²) in [5.74, 6) is 0.0605. The highest BCUT2D eigenvalue weighted by molar-refractivity contribution is 5.98. The third kappa shape index (κ3) is 3.73. The lowest BCUT2D eigenvalue weighted by Gasteiger charge is -2.13. The van der Waals surface area contributed by atoms with Gasteiger partial charge in [0, 0.05) is 6.04 Å². The first-order valence-corrected chi connectivity index (χ1v) is 6.91. The number of amides is 2. The van der Waals surface area contributed by atoms with Gasteiger partial charge < -0.3 is 15.4 Å². The number of ether oxygens (including phenoxy) is 1. The van der Waals surface area contributed by atoms with Gasteiger partial charge in [-0.25, -0.2) is 0 Å². The van der Waals surface area contributed by atoms with Crippen LogP contribution in [0.5, 0.6) is 5.75 Å². The summed E-state index contributed by atoms with van der Waals surface area (Å²) in [4.78, 5) is 23.7. The van der Waals surface area contributed by atoms with Crippen molar-refractivity contribution in [3.8, 4) is 5.75 Å². The molecule has 1 fully saturated rings. The smallest absolute Gasteiger partial charge is 0.255 e. The van der Waals surface area contributed by atoms with Crippen LogP contribution in [-0.4, -0.2) is 31.5 Å². The van der Waals surface area contributed by atoms with Crippen molar-refractivity contribution in [2.45, 2.75) is 31.7 Å². The fourth-order valence-electron chi connectivity index (χ4n) is 2.44. The molecule has 0 saturated heterocycles. The zero-order valence-electron chi connectivity index (χ0n) is 11.6. The predicted molar refractivity (Wildman–Crippen MR) is 75.7 cm³/mol. The van der Waals surface area contributed by atoms with Gasteiger partial charge in [0.15, 0.2) is 0 Å². The van der Waals surface area contributed by atoms with E-state index in [4.69, 9.17) is 4.74 Å². The number of para-hydroxylation sites is 1. The van der Waals surface area contributed by atoms with Crippen LogP contribution >= 0.6 is 0 Å². The Bertz CT molecular complexity index is 482. The summed E-state index contributed by atoms with van der Waals surface area (Å²) in [7, 11) is 1.51. The van der Waals surface area contributed by atoms with E-state index in [-0.39, 0.29) is 24.4 Å². The Morgan fingerprint density at radius 2 is 1.95 bits per heavy atom. The quantitative estimate of drug-likeness (QED) is 0.856. The van der Waals surface area contributed by atoms with Crippen LogP contribution in [0.4, 0.5) is 0 Å². The van der Waals surface area contributed by atoms with E-state index in [0.717, 1.165) is 12.8 Å². The Labute approximate surface area is 118 Å². The molecule has 108 valence electrons. The molecule has 5 nitrogen and oxygen atoms in total. The standard InChI is InChI=1S/C15H20N2O3/c1-20-13-9-5-4-8-12(13)15(19)16-10-14(18)17-11-6-2-3-7-11/h4-5,8-9,11H,2-3,6-7,10H2,1H3,(H,16,19)(H,17,18). The molecule has 0 heterocycles. The minimum atomic E-state index is -0.302. The first-order chi connectivity index (χ1) is 9.70. The largest absolute Gasteiger partial charge is 0.496 e. The van der Waals surface area contributed by atoms with Gasteiger partial charge in [-0.1, -0.05) is 25.0 Å². The Morgan fingerprint density at radius 1 is 1.25 bits per heavy atom. The summed E-state index contributed by atoms with van der Waals surface area (Å²) in [6.45, 7) is -0.00657. The third-order valence-corrected chi connectivity index (χ3v) is 3.48. The molecule has 5 heteroatoms. The van der Waals surface area contributed by atoms with Gasteiger partial charge in [0.05, 0.1) is 19.2 Å². The maximum Gasteiger partial charge on any atom is 0.255 e. The highest BCUT2D eigenvalue weighted by Gasteiger charge is 2.18. The molecule has 1 aliphatic carbocycles. The van der Waals surface area contributed by atoms with E-state index in [2.05, 4.69) is 10.6 Å². The predicted octanol–water partition coefficient (Wildman–Crippen LogP) is 1.48. The highest BCUT2D eigenvalue weighted by atomic mass is 16.5. The fraction of sp³-hybridized carbons (Fsp3) is 0.467. The maximum absolute atomic E-state index is 12.0. The topological polar surface area (TPSA) is 67.4 Å². The summed E-state index contributed by atoms with van der Waals surface area (Å²) in [5, 5.41) is 5.55. The first-order valence-electron chi connectivity index (χ1n) is 6.91. The van der Waals surface area contributed by atoms with Crippen LogP contribution in [-0.2, 0) is 4.79 Å². The molecule has 0 radical (unpaired) electrons. The minimum absolute atomic E-state index is 0.00657. The second kappa shape index (κ2) is 6.93. The zero-order chi connectivity index (χ0) is 14.4. The number of methoxy groups -OCH3 is 1. The Hall–Kier alpha value is -2.04. The number of carbonyl (C=O) groups excluding carboxylic acids is 2. The van der Waals surface area contributed by atoms with Crippen LogP contribution in [0.1, 0.15) is 36.0 Å². The first kappa shape index (κ1) is 14.4. The Balaban J connectivity index is 1.83. The van der Waals surface area contributed by atoms with Crippen molar-refractivity contribution in [1.29, 1.82) is 0 Å². The van der Waals surface area contributed by atoms with Crippen LogP contribution < -0.4 is 15.4 Å². The third-order valence-electron chi connectivity index (χ3n) is 3.48. The van der Waals surface area contributed by atoms with E-state index < -0.39 is 0 Å². The number of rotatable bonds is 5. The monoisotopic (exact) mass is 276 g/mol. The lowest BCUT2D eigenvalue weighted by Crippen LogP contribution is -2.41. The lowest BCUT2D eigenvalue weighted by molar-refractivity contribution is -0.120. The molecule has 1 aliphatic rings. The zero-order valence-corrected chi connectivity index (χ0v) is 11.6. The summed E-state index contributed by atoms with van der Waals surface area (Å²) < 4.78 is 5.12. The lowest BCUT2D eigenvalue weighted by atomic mass is 10.2. The molecular formula is C15H20N2O3. The number of carbonyl (C=O) groups is 2. The summed E-state index contributed by atoms with van der Waals surface area (Å²) in [5.41, 5.74) is 0.434. The van der Waals surface area contributed by atoms with Gasteiger partial charge in [0.1, 0.15) is 5.75 Å². The maximum atomic E-state index is 12.0. The Kier molecular flexibility index (Phi) is 4.98. The number of nitrogens with one attached hydrogen (secondary N) is 2. The molecule has 2 N–H and O–H groups in total. The molecule has 2 amide bonds. The minimum Gasteiger partial charge on any atom is -0.496 e. The normalized spacial score (nSPS) is 14.8. The van der Waals surface area contributed by atoms with E-state index in [1.807, 2.05) is 0 Å². The molecule has 2 rings (SSSR count). The van der Waals surface area contributed by atoms with Crippen molar-refractivity contribution >= 4 is 11.8 Å². The second-order valence-electron chi connectivity index (χ2n) is 4.93. The van der Waals surface area contributed by atoms with Crippen LogP contribution in [0.3, 0.4) is 0 Å². The van der Waals surface area contributed by atoms with Crippen molar-refractivity contribution in [1.82, 2.24) is 10.6 Å². The van der Waals surface area contributed by atoms with E-state index in [1.54, 1.807) is 24.3 Å². The molecule has 0 atom stereocenters. The van der Waals surface area contributed by atoms with Crippen molar-refractivity contribution in [3.05, 3.63) is 29.8 Å². The van der Waals surface area contributed by atoms with E-state index in [9.17, 15) is 9.59 Å². The molecule has 1 aromatic carbocycles. The van der Waals surface area contributed by atoms with Gasteiger partial charge in [-0.2, -0.15) is 0 Å². The summed E-state index contributed by atoms with van der Waals surface area (Å²) in [6, 6.07) is 7.21. The van der Waals surface area contributed by atoms with E-state index >= 15 is 0 Å².